The Bertz CT molecular complexity index is 923. The lowest BCUT2D eigenvalue weighted by molar-refractivity contribution is -0.135. The van der Waals surface area contributed by atoms with Crippen molar-refractivity contribution in [2.75, 3.05) is 13.3 Å². The van der Waals surface area contributed by atoms with E-state index in [4.69, 9.17) is 9.47 Å². The van der Waals surface area contributed by atoms with Crippen molar-refractivity contribution in [1.82, 2.24) is 4.90 Å². The second kappa shape index (κ2) is 6.57. The third-order valence-corrected chi connectivity index (χ3v) is 6.81. The summed E-state index contributed by atoms with van der Waals surface area (Å²) in [5.74, 6) is -2.25. The fraction of sp³-hybridized carbons (Fsp3) is 0.522. The number of carbonyl (C=O) groups excluding carboxylic acids is 1. The van der Waals surface area contributed by atoms with Gasteiger partial charge >= 0.3 is 0 Å². The number of carbonyl (C=O) groups is 1. The molecule has 6 heteroatoms. The number of allylic oxidation sites excluding steroid dienone is 2. The molecule has 1 fully saturated rings. The Morgan fingerprint density at radius 3 is 2.66 bits per heavy atom. The fourth-order valence-corrected chi connectivity index (χ4v) is 5.37. The number of fused-ring (bicyclic) bond motifs is 5. The van der Waals surface area contributed by atoms with Crippen molar-refractivity contribution in [3.63, 3.8) is 0 Å². The van der Waals surface area contributed by atoms with Crippen LogP contribution in [0.4, 0.5) is 8.78 Å². The molecule has 1 aromatic rings. The maximum atomic E-state index is 14.9. The summed E-state index contributed by atoms with van der Waals surface area (Å²) in [5, 5.41) is 0. The summed E-state index contributed by atoms with van der Waals surface area (Å²) in [6, 6.07) is 2.98. The van der Waals surface area contributed by atoms with E-state index >= 15 is 0 Å². The van der Waals surface area contributed by atoms with Crippen molar-refractivity contribution in [2.45, 2.75) is 62.8 Å². The molecule has 1 amide bonds. The van der Waals surface area contributed by atoms with E-state index in [1.54, 1.807) is 6.07 Å². The smallest absolute Gasteiger partial charge is 0.273 e. The first-order valence-corrected chi connectivity index (χ1v) is 10.5. The Morgan fingerprint density at radius 2 is 1.90 bits per heavy atom. The summed E-state index contributed by atoms with van der Waals surface area (Å²) >= 11 is 0. The second-order valence-electron chi connectivity index (χ2n) is 8.37. The van der Waals surface area contributed by atoms with Gasteiger partial charge in [-0.1, -0.05) is 38.0 Å². The minimum atomic E-state index is -2.99. The molecule has 4 nitrogen and oxygen atoms in total. The van der Waals surface area contributed by atoms with Gasteiger partial charge in [-0.25, -0.2) is 8.78 Å². The number of rotatable bonds is 4. The largest absolute Gasteiger partial charge is 0.454 e. The average Bonchev–Trinajstić information content (AvgIpc) is 3.26. The van der Waals surface area contributed by atoms with E-state index in [0.717, 1.165) is 31.3 Å². The summed E-state index contributed by atoms with van der Waals surface area (Å²) in [4.78, 5) is 15.8. The molecule has 0 aromatic heterocycles. The van der Waals surface area contributed by atoms with Crippen LogP contribution in [0.3, 0.4) is 0 Å². The molecular weight excluding hydrogens is 376 g/mol. The SMILES string of the molecule is CCCCCN1C(=O)C2(CCC(F)(F)c3cc4c(cc32)OCO4)C2=CC=CCC21. The molecule has 2 unspecified atom stereocenters. The highest BCUT2D eigenvalue weighted by Gasteiger charge is 2.61. The first kappa shape index (κ1) is 18.6. The quantitative estimate of drug-likeness (QED) is 0.679. The number of likely N-dealkylation sites (tertiary alicyclic amines) is 1. The molecule has 0 N–H and O–H groups in total. The lowest BCUT2D eigenvalue weighted by Gasteiger charge is -2.39. The molecule has 1 spiro atoms. The van der Waals surface area contributed by atoms with Crippen LogP contribution in [-0.4, -0.2) is 30.2 Å². The number of amides is 1. The molecule has 4 aliphatic rings. The van der Waals surface area contributed by atoms with Crippen molar-refractivity contribution in [1.29, 1.82) is 0 Å². The van der Waals surface area contributed by atoms with Gasteiger partial charge in [0.1, 0.15) is 0 Å². The van der Waals surface area contributed by atoms with Crippen LogP contribution in [-0.2, 0) is 16.1 Å². The third-order valence-electron chi connectivity index (χ3n) is 6.81. The number of hydrogen-bond acceptors (Lipinski definition) is 3. The standard InChI is InChI=1S/C23H25F2NO3/c1-2-3-6-11-26-18-8-5-4-7-15(18)22(21(26)27)9-10-23(24,25)17-13-20-19(12-16(17)22)28-14-29-20/h4-5,7,12-13,18H,2-3,6,8-11,14H2,1H3. The van der Waals surface area contributed by atoms with Crippen LogP contribution in [0.5, 0.6) is 11.5 Å². The first-order chi connectivity index (χ1) is 14.0. The summed E-state index contributed by atoms with van der Waals surface area (Å²) < 4.78 is 40.7. The molecule has 1 aromatic carbocycles. The molecule has 0 saturated carbocycles. The Kier molecular flexibility index (Phi) is 4.23. The van der Waals surface area contributed by atoms with Crippen LogP contribution >= 0.6 is 0 Å². The van der Waals surface area contributed by atoms with Crippen molar-refractivity contribution >= 4 is 5.91 Å². The zero-order chi connectivity index (χ0) is 20.2. The summed E-state index contributed by atoms with van der Waals surface area (Å²) in [6.07, 6.45) is 9.54. The van der Waals surface area contributed by atoms with Gasteiger partial charge in [-0.05, 0) is 42.5 Å². The van der Waals surface area contributed by atoms with Crippen LogP contribution < -0.4 is 9.47 Å². The van der Waals surface area contributed by atoms with Gasteiger partial charge in [0.25, 0.3) is 5.92 Å². The number of ether oxygens (including phenoxy) is 2. The topological polar surface area (TPSA) is 38.8 Å². The number of hydrogen-bond donors (Lipinski definition) is 0. The minimum Gasteiger partial charge on any atom is -0.454 e. The molecule has 2 aliphatic carbocycles. The second-order valence-corrected chi connectivity index (χ2v) is 8.37. The Balaban J connectivity index is 1.67. The van der Waals surface area contributed by atoms with Crippen LogP contribution in [0.25, 0.3) is 0 Å². The van der Waals surface area contributed by atoms with Crippen molar-refractivity contribution in [2.24, 2.45) is 0 Å². The van der Waals surface area contributed by atoms with Crippen molar-refractivity contribution in [3.05, 3.63) is 47.1 Å². The van der Waals surface area contributed by atoms with Gasteiger partial charge in [0, 0.05) is 18.5 Å². The number of benzene rings is 1. The zero-order valence-electron chi connectivity index (χ0n) is 16.5. The Hall–Kier alpha value is -2.37. The zero-order valence-corrected chi connectivity index (χ0v) is 16.5. The molecule has 2 aliphatic heterocycles. The normalized spacial score (nSPS) is 28.5. The summed E-state index contributed by atoms with van der Waals surface area (Å²) in [6.45, 7) is 2.81. The van der Waals surface area contributed by atoms with E-state index in [9.17, 15) is 13.6 Å². The fourth-order valence-electron chi connectivity index (χ4n) is 5.37. The lowest BCUT2D eigenvalue weighted by atomic mass is 9.64. The van der Waals surface area contributed by atoms with Crippen LogP contribution in [0.1, 0.15) is 56.6 Å². The molecular formula is C23H25F2NO3. The number of nitrogens with zero attached hydrogens (tertiary/aromatic N) is 1. The van der Waals surface area contributed by atoms with E-state index in [1.165, 1.54) is 6.07 Å². The average molecular weight is 401 g/mol. The maximum absolute atomic E-state index is 14.9. The first-order valence-electron chi connectivity index (χ1n) is 10.5. The minimum absolute atomic E-state index is 0.0158. The van der Waals surface area contributed by atoms with E-state index in [1.807, 2.05) is 17.1 Å². The molecule has 5 rings (SSSR count). The number of halogens is 2. The van der Waals surface area contributed by atoms with E-state index in [0.29, 0.717) is 23.6 Å². The van der Waals surface area contributed by atoms with Crippen molar-refractivity contribution in [3.8, 4) is 11.5 Å². The van der Waals surface area contributed by atoms with Gasteiger partial charge in [0.15, 0.2) is 11.5 Å². The predicted molar refractivity (Wildman–Crippen MR) is 104 cm³/mol. The van der Waals surface area contributed by atoms with Gasteiger partial charge < -0.3 is 14.4 Å². The lowest BCUT2D eigenvalue weighted by Crippen LogP contribution is -2.44. The van der Waals surface area contributed by atoms with Gasteiger partial charge in [-0.2, -0.15) is 0 Å². The van der Waals surface area contributed by atoms with Gasteiger partial charge in [-0.3, -0.25) is 4.79 Å². The summed E-state index contributed by atoms with van der Waals surface area (Å²) in [5.41, 5.74) is 0.232. The van der Waals surface area contributed by atoms with Crippen molar-refractivity contribution < 1.29 is 23.0 Å². The van der Waals surface area contributed by atoms with E-state index in [2.05, 4.69) is 13.0 Å². The predicted octanol–water partition coefficient (Wildman–Crippen LogP) is 4.83. The van der Waals surface area contributed by atoms with Crippen LogP contribution in [0.15, 0.2) is 35.9 Å². The maximum Gasteiger partial charge on any atom is 0.273 e. The number of unbranched alkanes of at least 4 members (excludes halogenated alkanes) is 2. The number of alkyl halides is 2. The van der Waals surface area contributed by atoms with Crippen LogP contribution in [0, 0.1) is 0 Å². The Labute approximate surface area is 169 Å². The van der Waals surface area contributed by atoms with E-state index in [-0.39, 0.29) is 37.1 Å². The van der Waals surface area contributed by atoms with Gasteiger partial charge in [0.05, 0.1) is 11.5 Å². The highest BCUT2D eigenvalue weighted by atomic mass is 19.3. The molecule has 29 heavy (non-hydrogen) atoms. The highest BCUT2D eigenvalue weighted by molar-refractivity contribution is 5.97. The molecule has 0 radical (unpaired) electrons. The van der Waals surface area contributed by atoms with E-state index < -0.39 is 11.3 Å². The molecule has 2 heterocycles. The van der Waals surface area contributed by atoms with Gasteiger partial charge in [-0.15, -0.1) is 0 Å². The molecule has 0 bridgehead atoms. The molecule has 2 atom stereocenters. The van der Waals surface area contributed by atoms with Gasteiger partial charge in [0.2, 0.25) is 12.7 Å². The monoisotopic (exact) mass is 401 g/mol. The third kappa shape index (κ3) is 2.57. The summed E-state index contributed by atoms with van der Waals surface area (Å²) in [7, 11) is 0. The Morgan fingerprint density at radius 1 is 1.14 bits per heavy atom. The highest BCUT2D eigenvalue weighted by Crippen LogP contribution is 2.58. The van der Waals surface area contributed by atoms with Crippen LogP contribution in [0.2, 0.25) is 0 Å². The molecule has 154 valence electrons. The molecule has 1 saturated heterocycles.